The Bertz CT molecular complexity index is 1090. The van der Waals surface area contributed by atoms with Gasteiger partial charge in [-0.15, -0.1) is 0 Å². The summed E-state index contributed by atoms with van der Waals surface area (Å²) >= 11 is 0. The molecule has 0 spiro atoms. The van der Waals surface area contributed by atoms with Crippen LogP contribution in [0, 0.1) is 5.82 Å². The van der Waals surface area contributed by atoms with Crippen molar-refractivity contribution in [1.82, 2.24) is 0 Å². The van der Waals surface area contributed by atoms with Gasteiger partial charge in [-0.25, -0.2) is 4.39 Å². The molecule has 150 valence electrons. The predicted molar refractivity (Wildman–Crippen MR) is 119 cm³/mol. The first-order chi connectivity index (χ1) is 14.6. The molecule has 5 heteroatoms. The second-order valence-electron chi connectivity index (χ2n) is 7.06. The Labute approximate surface area is 174 Å². The number of hydrogen-bond donors (Lipinski definition) is 2. The van der Waals surface area contributed by atoms with Crippen LogP contribution >= 0.6 is 0 Å². The summed E-state index contributed by atoms with van der Waals surface area (Å²) in [6.07, 6.45) is 8.65. The van der Waals surface area contributed by atoms with Gasteiger partial charge in [0.1, 0.15) is 17.3 Å². The summed E-state index contributed by atoms with van der Waals surface area (Å²) in [5, 5.41) is 25.5. The number of rotatable bonds is 5. The monoisotopic (exact) mass is 400 g/mol. The van der Waals surface area contributed by atoms with Gasteiger partial charge in [-0.1, -0.05) is 42.5 Å². The smallest absolute Gasteiger partial charge is 0.123 e. The molecule has 4 rings (SSSR count). The van der Waals surface area contributed by atoms with Crippen LogP contribution < -0.4 is 5.01 Å². The Hall–Kier alpha value is -3.86. The highest BCUT2D eigenvalue weighted by molar-refractivity contribution is 6.01. The zero-order chi connectivity index (χ0) is 20.9. The number of phenols is 2. The number of anilines is 1. The molecule has 0 bridgehead atoms. The fourth-order valence-corrected chi connectivity index (χ4v) is 3.23. The molecular formula is C25H21FN2O2. The second-order valence-corrected chi connectivity index (χ2v) is 7.06. The molecule has 1 atom stereocenters. The van der Waals surface area contributed by atoms with Crippen LogP contribution in [0.15, 0.2) is 90.0 Å². The van der Waals surface area contributed by atoms with E-state index in [4.69, 9.17) is 5.10 Å². The fourth-order valence-electron chi connectivity index (χ4n) is 3.23. The van der Waals surface area contributed by atoms with E-state index in [1.54, 1.807) is 36.4 Å². The van der Waals surface area contributed by atoms with Crippen molar-refractivity contribution in [2.75, 3.05) is 5.01 Å². The maximum absolute atomic E-state index is 13.4. The molecular weight excluding hydrogens is 379 g/mol. The van der Waals surface area contributed by atoms with Crippen molar-refractivity contribution in [2.24, 2.45) is 5.10 Å². The van der Waals surface area contributed by atoms with Gasteiger partial charge in [0.25, 0.3) is 0 Å². The highest BCUT2D eigenvalue weighted by atomic mass is 19.1. The van der Waals surface area contributed by atoms with Crippen LogP contribution in [0.2, 0.25) is 0 Å². The van der Waals surface area contributed by atoms with Crippen LogP contribution in [0.1, 0.15) is 17.5 Å². The average Bonchev–Trinajstić information content (AvgIpc) is 3.17. The topological polar surface area (TPSA) is 56.1 Å². The third-order valence-corrected chi connectivity index (χ3v) is 4.82. The van der Waals surface area contributed by atoms with Crippen molar-refractivity contribution >= 4 is 23.6 Å². The zero-order valence-electron chi connectivity index (χ0n) is 16.2. The molecule has 1 unspecified atom stereocenters. The van der Waals surface area contributed by atoms with E-state index in [2.05, 4.69) is 6.08 Å². The van der Waals surface area contributed by atoms with Crippen molar-refractivity contribution < 1.29 is 14.6 Å². The summed E-state index contributed by atoms with van der Waals surface area (Å²) in [5.41, 5.74) is 3.64. The minimum absolute atomic E-state index is 0.0243. The van der Waals surface area contributed by atoms with Gasteiger partial charge in [0.2, 0.25) is 0 Å². The van der Waals surface area contributed by atoms with Crippen molar-refractivity contribution in [3.63, 3.8) is 0 Å². The van der Waals surface area contributed by atoms with Crippen molar-refractivity contribution in [3.8, 4) is 11.5 Å². The molecule has 0 saturated heterocycles. The van der Waals surface area contributed by atoms with E-state index in [-0.39, 0.29) is 23.4 Å². The Morgan fingerprint density at radius 3 is 1.93 bits per heavy atom. The molecule has 0 aliphatic carbocycles. The SMILES string of the molecule is Oc1ccc(/C=C/C2=NN(c3ccc(F)cc3)C(/C=C/c3ccc(O)cc3)C2)cc1. The van der Waals surface area contributed by atoms with Crippen LogP contribution in [0.4, 0.5) is 10.1 Å². The van der Waals surface area contributed by atoms with Crippen LogP contribution in [0.3, 0.4) is 0 Å². The summed E-state index contributed by atoms with van der Waals surface area (Å²) in [7, 11) is 0. The minimum Gasteiger partial charge on any atom is -0.508 e. The van der Waals surface area contributed by atoms with Crippen LogP contribution in [0.25, 0.3) is 12.2 Å². The maximum atomic E-state index is 13.4. The molecule has 30 heavy (non-hydrogen) atoms. The number of benzene rings is 3. The molecule has 0 radical (unpaired) electrons. The number of halogens is 1. The number of aromatic hydroxyl groups is 2. The van der Waals surface area contributed by atoms with E-state index in [1.807, 2.05) is 47.5 Å². The van der Waals surface area contributed by atoms with E-state index >= 15 is 0 Å². The third-order valence-electron chi connectivity index (χ3n) is 4.82. The van der Waals surface area contributed by atoms with E-state index in [0.29, 0.717) is 6.42 Å². The van der Waals surface area contributed by atoms with E-state index in [1.165, 1.54) is 12.1 Å². The molecule has 1 heterocycles. The average molecular weight is 400 g/mol. The lowest BCUT2D eigenvalue weighted by Gasteiger charge is -2.20. The molecule has 1 aliphatic rings. The van der Waals surface area contributed by atoms with Crippen LogP contribution in [-0.2, 0) is 0 Å². The van der Waals surface area contributed by atoms with Gasteiger partial charge < -0.3 is 10.2 Å². The number of hydrazone groups is 1. The number of allylic oxidation sites excluding steroid dienone is 1. The number of hydrogen-bond acceptors (Lipinski definition) is 4. The van der Waals surface area contributed by atoms with Gasteiger partial charge >= 0.3 is 0 Å². The molecule has 1 aliphatic heterocycles. The Balaban J connectivity index is 1.57. The van der Waals surface area contributed by atoms with E-state index in [9.17, 15) is 14.6 Å². The maximum Gasteiger partial charge on any atom is 0.123 e. The highest BCUT2D eigenvalue weighted by Gasteiger charge is 2.24. The van der Waals surface area contributed by atoms with Crippen molar-refractivity contribution in [1.29, 1.82) is 0 Å². The molecule has 0 amide bonds. The van der Waals surface area contributed by atoms with Gasteiger partial charge in [0, 0.05) is 6.42 Å². The van der Waals surface area contributed by atoms with Gasteiger partial charge in [0.15, 0.2) is 0 Å². The van der Waals surface area contributed by atoms with Gasteiger partial charge in [0.05, 0.1) is 17.4 Å². The molecule has 2 N–H and O–H groups in total. The standard InChI is InChI=1S/C25H21FN2O2/c26-20-7-11-22(12-8-20)28-23(10-2-19-5-15-25(30)16-6-19)17-21(27-28)9-1-18-3-13-24(29)14-4-18/h1-16,23,29-30H,17H2/b9-1+,10-2+. The lowest BCUT2D eigenvalue weighted by Crippen LogP contribution is -2.23. The highest BCUT2D eigenvalue weighted by Crippen LogP contribution is 2.27. The quantitative estimate of drug-likeness (QED) is 0.586. The number of phenolic OH excluding ortho intramolecular Hbond substituents is 2. The third kappa shape index (κ3) is 4.75. The summed E-state index contributed by atoms with van der Waals surface area (Å²) < 4.78 is 13.4. The largest absolute Gasteiger partial charge is 0.508 e. The first kappa shape index (κ1) is 19.5. The predicted octanol–water partition coefficient (Wildman–Crippen LogP) is 5.60. The van der Waals surface area contributed by atoms with Gasteiger partial charge in [-0.05, 0) is 65.7 Å². The first-order valence-corrected chi connectivity index (χ1v) is 9.63. The normalized spacial score (nSPS) is 16.5. The van der Waals surface area contributed by atoms with Gasteiger partial charge in [-0.3, -0.25) is 5.01 Å². The van der Waals surface area contributed by atoms with Crippen molar-refractivity contribution in [2.45, 2.75) is 12.5 Å². The molecule has 3 aromatic rings. The Kier molecular flexibility index (Phi) is 5.61. The summed E-state index contributed by atoms with van der Waals surface area (Å²) in [4.78, 5) is 0. The molecule has 4 nitrogen and oxygen atoms in total. The summed E-state index contributed by atoms with van der Waals surface area (Å²) in [6.45, 7) is 0. The summed E-state index contributed by atoms with van der Waals surface area (Å²) in [6, 6.07) is 20.2. The number of nitrogens with zero attached hydrogens (tertiary/aromatic N) is 2. The van der Waals surface area contributed by atoms with Gasteiger partial charge in [-0.2, -0.15) is 5.10 Å². The zero-order valence-corrected chi connectivity index (χ0v) is 16.2. The van der Waals surface area contributed by atoms with E-state index < -0.39 is 0 Å². The lowest BCUT2D eigenvalue weighted by molar-refractivity contribution is 0.474. The van der Waals surface area contributed by atoms with E-state index in [0.717, 1.165) is 22.5 Å². The molecule has 0 saturated carbocycles. The second kappa shape index (κ2) is 8.66. The minimum atomic E-state index is -0.287. The van der Waals surface area contributed by atoms with Crippen molar-refractivity contribution in [3.05, 3.63) is 102 Å². The lowest BCUT2D eigenvalue weighted by atomic mass is 10.1. The Morgan fingerprint density at radius 1 is 0.767 bits per heavy atom. The first-order valence-electron chi connectivity index (χ1n) is 9.63. The molecule has 3 aromatic carbocycles. The Morgan fingerprint density at radius 2 is 1.33 bits per heavy atom. The molecule has 0 aromatic heterocycles. The molecule has 0 fully saturated rings. The van der Waals surface area contributed by atoms with Crippen LogP contribution in [-0.4, -0.2) is 22.0 Å². The summed E-state index contributed by atoms with van der Waals surface area (Å²) in [5.74, 6) is 0.170. The fraction of sp³-hybridized carbons (Fsp3) is 0.0800. The van der Waals surface area contributed by atoms with Crippen LogP contribution in [0.5, 0.6) is 11.5 Å².